The van der Waals surface area contributed by atoms with Crippen molar-refractivity contribution in [3.8, 4) is 0 Å². The molecule has 168 valence electrons. The van der Waals surface area contributed by atoms with E-state index in [-0.39, 0.29) is 29.1 Å². The van der Waals surface area contributed by atoms with Crippen LogP contribution in [0.1, 0.15) is 32.7 Å². The van der Waals surface area contributed by atoms with Gasteiger partial charge < -0.3 is 15.5 Å². The van der Waals surface area contributed by atoms with E-state index in [1.165, 1.54) is 48.5 Å². The SMILES string of the molecule is [N-]=[N+]=NC[C@H](CC(=O)O)NC(=O)c1ccc(CNS(=O)(=O)c2ccc(C(=O)O)cc2)cc1. The Labute approximate surface area is 182 Å². The molecule has 0 aliphatic heterocycles. The number of hydrogen-bond donors (Lipinski definition) is 4. The maximum absolute atomic E-state index is 12.4. The lowest BCUT2D eigenvalue weighted by Gasteiger charge is -2.14. The number of azide groups is 1. The molecule has 0 saturated carbocycles. The van der Waals surface area contributed by atoms with Crippen molar-refractivity contribution < 1.29 is 33.0 Å². The number of benzene rings is 2. The van der Waals surface area contributed by atoms with Gasteiger partial charge in [-0.15, -0.1) is 0 Å². The second kappa shape index (κ2) is 10.9. The second-order valence-corrected chi connectivity index (χ2v) is 8.30. The largest absolute Gasteiger partial charge is 0.481 e. The molecule has 2 rings (SSSR count). The van der Waals surface area contributed by atoms with Crippen molar-refractivity contribution in [3.05, 3.63) is 75.7 Å². The van der Waals surface area contributed by atoms with Crippen LogP contribution in [0.4, 0.5) is 0 Å². The number of carbonyl (C=O) groups is 3. The Morgan fingerprint density at radius 3 is 2.12 bits per heavy atom. The third-order valence-electron chi connectivity index (χ3n) is 4.22. The first-order valence-corrected chi connectivity index (χ1v) is 10.6. The van der Waals surface area contributed by atoms with Crippen LogP contribution in [0.25, 0.3) is 10.4 Å². The van der Waals surface area contributed by atoms with Crippen LogP contribution in [0.15, 0.2) is 58.5 Å². The smallest absolute Gasteiger partial charge is 0.335 e. The molecule has 2 aromatic carbocycles. The quantitative estimate of drug-likeness (QED) is 0.222. The normalized spacial score (nSPS) is 11.8. The van der Waals surface area contributed by atoms with Crippen LogP contribution in [0.3, 0.4) is 0 Å². The Bertz CT molecular complexity index is 1140. The van der Waals surface area contributed by atoms with Crippen molar-refractivity contribution in [1.29, 1.82) is 0 Å². The first-order chi connectivity index (χ1) is 15.1. The Hall–Kier alpha value is -3.93. The zero-order valence-electron chi connectivity index (χ0n) is 16.5. The Kier molecular flexibility index (Phi) is 8.30. The van der Waals surface area contributed by atoms with Gasteiger partial charge >= 0.3 is 11.9 Å². The van der Waals surface area contributed by atoms with Crippen LogP contribution >= 0.6 is 0 Å². The number of rotatable bonds is 11. The summed E-state index contributed by atoms with van der Waals surface area (Å²) < 4.78 is 27.1. The molecule has 0 aromatic heterocycles. The van der Waals surface area contributed by atoms with E-state index in [2.05, 4.69) is 20.1 Å². The van der Waals surface area contributed by atoms with Gasteiger partial charge in [-0.05, 0) is 47.5 Å². The average molecular weight is 461 g/mol. The lowest BCUT2D eigenvalue weighted by molar-refractivity contribution is -0.137. The van der Waals surface area contributed by atoms with Crippen LogP contribution in [0.2, 0.25) is 0 Å². The molecule has 12 nitrogen and oxygen atoms in total. The Morgan fingerprint density at radius 2 is 1.59 bits per heavy atom. The number of hydrogen-bond acceptors (Lipinski definition) is 6. The highest BCUT2D eigenvalue weighted by atomic mass is 32.2. The third-order valence-corrected chi connectivity index (χ3v) is 5.63. The number of nitrogens with one attached hydrogen (secondary N) is 2. The molecule has 0 fully saturated rings. The lowest BCUT2D eigenvalue weighted by atomic mass is 10.1. The first kappa shape index (κ1) is 24.3. The summed E-state index contributed by atoms with van der Waals surface area (Å²) in [6, 6.07) is 9.77. The zero-order valence-corrected chi connectivity index (χ0v) is 17.3. The predicted octanol–water partition coefficient (Wildman–Crippen LogP) is 1.75. The minimum atomic E-state index is -3.88. The molecule has 4 N–H and O–H groups in total. The van der Waals surface area contributed by atoms with E-state index in [1.807, 2.05) is 0 Å². The molecule has 0 radical (unpaired) electrons. The topological polar surface area (TPSA) is 199 Å². The summed E-state index contributed by atoms with van der Waals surface area (Å²) in [6.07, 6.45) is -0.419. The van der Waals surface area contributed by atoms with E-state index in [4.69, 9.17) is 15.7 Å². The molecule has 0 unspecified atom stereocenters. The minimum absolute atomic E-state index is 0.0390. The molecule has 0 aliphatic rings. The van der Waals surface area contributed by atoms with Crippen molar-refractivity contribution in [2.45, 2.75) is 23.9 Å². The maximum atomic E-state index is 12.4. The number of nitrogens with zero attached hydrogens (tertiary/aromatic N) is 3. The summed E-state index contributed by atoms with van der Waals surface area (Å²) in [7, 11) is -3.88. The van der Waals surface area contributed by atoms with E-state index in [9.17, 15) is 22.8 Å². The zero-order chi connectivity index (χ0) is 23.7. The average Bonchev–Trinajstić information content (AvgIpc) is 2.76. The van der Waals surface area contributed by atoms with E-state index in [0.717, 1.165) is 0 Å². The van der Waals surface area contributed by atoms with Crippen LogP contribution < -0.4 is 10.0 Å². The molecule has 1 atom stereocenters. The first-order valence-electron chi connectivity index (χ1n) is 9.08. The van der Waals surface area contributed by atoms with Gasteiger partial charge in [-0.2, -0.15) is 0 Å². The molecule has 0 heterocycles. The monoisotopic (exact) mass is 461 g/mol. The highest BCUT2D eigenvalue weighted by Gasteiger charge is 2.17. The summed E-state index contributed by atoms with van der Waals surface area (Å²) in [4.78, 5) is 36.5. The molecule has 0 saturated heterocycles. The van der Waals surface area contributed by atoms with Crippen molar-refractivity contribution in [2.24, 2.45) is 5.11 Å². The van der Waals surface area contributed by atoms with Gasteiger partial charge in [-0.3, -0.25) is 9.59 Å². The van der Waals surface area contributed by atoms with E-state index < -0.39 is 40.3 Å². The van der Waals surface area contributed by atoms with Gasteiger partial charge in [0, 0.05) is 29.6 Å². The fraction of sp³-hybridized carbons (Fsp3) is 0.211. The van der Waals surface area contributed by atoms with Gasteiger partial charge in [0.05, 0.1) is 16.9 Å². The van der Waals surface area contributed by atoms with E-state index in [0.29, 0.717) is 5.56 Å². The fourth-order valence-corrected chi connectivity index (χ4v) is 3.61. The molecular formula is C19H19N5O7S. The van der Waals surface area contributed by atoms with Crippen LogP contribution in [0.5, 0.6) is 0 Å². The number of aliphatic carboxylic acids is 1. The van der Waals surface area contributed by atoms with Crippen molar-refractivity contribution in [1.82, 2.24) is 10.0 Å². The molecule has 0 aliphatic carbocycles. The molecule has 32 heavy (non-hydrogen) atoms. The van der Waals surface area contributed by atoms with Crippen molar-refractivity contribution in [2.75, 3.05) is 6.54 Å². The second-order valence-electron chi connectivity index (χ2n) is 6.53. The van der Waals surface area contributed by atoms with Crippen LogP contribution in [-0.2, 0) is 21.4 Å². The molecule has 0 bridgehead atoms. The number of sulfonamides is 1. The van der Waals surface area contributed by atoms with Gasteiger partial charge in [0.1, 0.15) is 0 Å². The highest BCUT2D eigenvalue weighted by molar-refractivity contribution is 7.89. The minimum Gasteiger partial charge on any atom is -0.481 e. The highest BCUT2D eigenvalue weighted by Crippen LogP contribution is 2.12. The van der Waals surface area contributed by atoms with Gasteiger partial charge in [-0.1, -0.05) is 17.2 Å². The lowest BCUT2D eigenvalue weighted by Crippen LogP contribution is -2.38. The summed E-state index contributed by atoms with van der Waals surface area (Å²) in [5, 5.41) is 23.5. The molecule has 1 amide bonds. The van der Waals surface area contributed by atoms with Gasteiger partial charge in [0.15, 0.2) is 0 Å². The van der Waals surface area contributed by atoms with Crippen molar-refractivity contribution >= 4 is 27.9 Å². The van der Waals surface area contributed by atoms with E-state index in [1.54, 1.807) is 0 Å². The molecule has 2 aromatic rings. The summed E-state index contributed by atoms with van der Waals surface area (Å²) in [5.74, 6) is -2.91. The fourth-order valence-electron chi connectivity index (χ4n) is 2.59. The molecule has 13 heteroatoms. The maximum Gasteiger partial charge on any atom is 0.335 e. The number of carboxylic acids is 2. The third kappa shape index (κ3) is 7.09. The Balaban J connectivity index is 2.00. The Morgan fingerprint density at radius 1 is 1.00 bits per heavy atom. The van der Waals surface area contributed by atoms with Gasteiger partial charge in [-0.25, -0.2) is 17.9 Å². The summed E-state index contributed by atoms with van der Waals surface area (Å²) in [5.41, 5.74) is 9.08. The summed E-state index contributed by atoms with van der Waals surface area (Å²) >= 11 is 0. The van der Waals surface area contributed by atoms with Gasteiger partial charge in [0.2, 0.25) is 10.0 Å². The number of carboxylic acid groups (broad SMARTS) is 2. The molecular weight excluding hydrogens is 442 g/mol. The molecule has 0 spiro atoms. The van der Waals surface area contributed by atoms with Crippen molar-refractivity contribution in [3.63, 3.8) is 0 Å². The number of amides is 1. The predicted molar refractivity (Wildman–Crippen MR) is 111 cm³/mol. The summed E-state index contributed by atoms with van der Waals surface area (Å²) in [6.45, 7) is -0.300. The van der Waals surface area contributed by atoms with Gasteiger partial charge in [0.25, 0.3) is 5.91 Å². The van der Waals surface area contributed by atoms with E-state index >= 15 is 0 Å². The number of aromatic carboxylic acids is 1. The van der Waals surface area contributed by atoms with Crippen LogP contribution in [0, 0.1) is 0 Å². The number of carbonyl (C=O) groups excluding carboxylic acids is 1. The standard InChI is InChI=1S/C19H19N5O7S/c20-24-21-11-15(9-17(25)26)23-18(27)13-3-1-12(2-4-13)10-22-32(30,31)16-7-5-14(6-8-16)19(28)29/h1-8,15,22H,9-11H2,(H,23,27)(H,25,26)(H,28,29)/t15-/m0/s1. The van der Waals surface area contributed by atoms with Crippen LogP contribution in [-0.4, -0.2) is 49.1 Å².